The zero-order valence-corrected chi connectivity index (χ0v) is 15.5. The number of hydrazone groups is 1. The minimum absolute atomic E-state index is 0.500. The SMILES string of the molecule is S=C(NCc1ccccc1)NN=Cc1c2ccccc2cc2ccccc12. The van der Waals surface area contributed by atoms with Crippen molar-refractivity contribution in [2.45, 2.75) is 6.54 Å². The van der Waals surface area contributed by atoms with Crippen molar-refractivity contribution in [1.82, 2.24) is 10.7 Å². The Bertz CT molecular complexity index is 1070. The van der Waals surface area contributed by atoms with Crippen LogP contribution >= 0.6 is 12.2 Å². The average molecular weight is 369 g/mol. The summed E-state index contributed by atoms with van der Waals surface area (Å²) in [5.41, 5.74) is 5.18. The molecule has 0 saturated heterocycles. The van der Waals surface area contributed by atoms with Gasteiger partial charge in [0.25, 0.3) is 0 Å². The van der Waals surface area contributed by atoms with Gasteiger partial charge < -0.3 is 5.32 Å². The van der Waals surface area contributed by atoms with Gasteiger partial charge in [-0.1, -0.05) is 78.9 Å². The lowest BCUT2D eigenvalue weighted by molar-refractivity contribution is 0.869. The summed E-state index contributed by atoms with van der Waals surface area (Å²) >= 11 is 5.32. The van der Waals surface area contributed by atoms with Crippen LogP contribution in [0.1, 0.15) is 11.1 Å². The second-order valence-corrected chi connectivity index (χ2v) is 6.68. The van der Waals surface area contributed by atoms with E-state index in [1.54, 1.807) is 0 Å². The minimum Gasteiger partial charge on any atom is -0.357 e. The molecule has 0 unspecified atom stereocenters. The van der Waals surface area contributed by atoms with Gasteiger partial charge >= 0.3 is 0 Å². The van der Waals surface area contributed by atoms with E-state index in [1.807, 2.05) is 36.5 Å². The van der Waals surface area contributed by atoms with E-state index in [-0.39, 0.29) is 0 Å². The summed E-state index contributed by atoms with van der Waals surface area (Å²) in [6.45, 7) is 0.666. The first-order chi connectivity index (χ1) is 13.3. The molecule has 0 spiro atoms. The lowest BCUT2D eigenvalue weighted by atomic mass is 9.97. The zero-order chi connectivity index (χ0) is 18.5. The largest absolute Gasteiger partial charge is 0.357 e. The van der Waals surface area contributed by atoms with Crippen LogP contribution in [-0.2, 0) is 6.54 Å². The van der Waals surface area contributed by atoms with Gasteiger partial charge in [0, 0.05) is 12.1 Å². The van der Waals surface area contributed by atoms with E-state index in [9.17, 15) is 0 Å². The number of nitrogens with one attached hydrogen (secondary N) is 2. The number of thiocarbonyl (C=S) groups is 1. The van der Waals surface area contributed by atoms with Crippen molar-refractivity contribution in [1.29, 1.82) is 0 Å². The van der Waals surface area contributed by atoms with Crippen LogP contribution < -0.4 is 10.7 Å². The molecule has 0 aliphatic carbocycles. The quantitative estimate of drug-likeness (QED) is 0.230. The van der Waals surface area contributed by atoms with Crippen LogP contribution in [0.25, 0.3) is 21.5 Å². The van der Waals surface area contributed by atoms with Gasteiger partial charge in [0.2, 0.25) is 0 Å². The van der Waals surface area contributed by atoms with E-state index >= 15 is 0 Å². The molecule has 0 aliphatic heterocycles. The number of benzene rings is 4. The average Bonchev–Trinajstić information content (AvgIpc) is 2.72. The third kappa shape index (κ3) is 3.96. The first kappa shape index (κ1) is 17.2. The summed E-state index contributed by atoms with van der Waals surface area (Å²) in [4.78, 5) is 0. The fourth-order valence-electron chi connectivity index (χ4n) is 3.16. The van der Waals surface area contributed by atoms with Crippen LogP contribution in [-0.4, -0.2) is 11.3 Å². The predicted octanol–water partition coefficient (Wildman–Crippen LogP) is 4.99. The second kappa shape index (κ2) is 7.98. The standard InChI is InChI=1S/C23H19N3S/c27-23(24-15-17-8-2-1-3-9-17)26-25-16-22-20-12-6-4-10-18(20)14-19-11-5-7-13-21(19)22/h1-14,16H,15H2,(H2,24,26,27). The first-order valence-electron chi connectivity index (χ1n) is 8.82. The summed E-state index contributed by atoms with van der Waals surface area (Å²) in [6.07, 6.45) is 1.85. The highest BCUT2D eigenvalue weighted by Crippen LogP contribution is 2.27. The molecular formula is C23H19N3S. The molecule has 0 radical (unpaired) electrons. The molecule has 0 amide bonds. The molecule has 132 valence electrons. The van der Waals surface area contributed by atoms with Crippen LogP contribution in [0.15, 0.2) is 90.0 Å². The van der Waals surface area contributed by atoms with Gasteiger partial charge in [-0.3, -0.25) is 5.43 Å². The van der Waals surface area contributed by atoms with Gasteiger partial charge in [0.1, 0.15) is 0 Å². The van der Waals surface area contributed by atoms with Gasteiger partial charge in [-0.2, -0.15) is 5.10 Å². The molecule has 0 aromatic heterocycles. The number of hydrogen-bond acceptors (Lipinski definition) is 2. The van der Waals surface area contributed by atoms with Crippen molar-refractivity contribution in [3.05, 3.63) is 96.1 Å². The molecule has 4 heteroatoms. The molecule has 3 nitrogen and oxygen atoms in total. The molecule has 2 N–H and O–H groups in total. The van der Waals surface area contributed by atoms with E-state index in [0.717, 1.165) is 5.56 Å². The third-order valence-corrected chi connectivity index (χ3v) is 4.70. The number of nitrogens with zero attached hydrogens (tertiary/aromatic N) is 1. The van der Waals surface area contributed by atoms with E-state index in [0.29, 0.717) is 11.7 Å². The molecule has 0 fully saturated rings. The normalized spacial score (nSPS) is 11.1. The topological polar surface area (TPSA) is 36.4 Å². The molecule has 4 rings (SSSR count). The predicted molar refractivity (Wildman–Crippen MR) is 118 cm³/mol. The summed E-state index contributed by atoms with van der Waals surface area (Å²) < 4.78 is 0. The Hall–Kier alpha value is -3.24. The molecule has 0 bridgehead atoms. The highest BCUT2D eigenvalue weighted by atomic mass is 32.1. The molecule has 0 atom stereocenters. The van der Waals surface area contributed by atoms with Gasteiger partial charge in [0.15, 0.2) is 5.11 Å². The summed E-state index contributed by atoms with van der Waals surface area (Å²) in [6, 6.07) is 29.0. The van der Waals surface area contributed by atoms with Gasteiger partial charge in [-0.05, 0) is 45.4 Å². The molecule has 0 heterocycles. The van der Waals surface area contributed by atoms with Crippen molar-refractivity contribution < 1.29 is 0 Å². The highest BCUT2D eigenvalue weighted by Gasteiger charge is 2.05. The molecule has 4 aromatic rings. The fraction of sp³-hybridized carbons (Fsp3) is 0.0435. The van der Waals surface area contributed by atoms with Crippen molar-refractivity contribution in [3.63, 3.8) is 0 Å². The molecule has 27 heavy (non-hydrogen) atoms. The highest BCUT2D eigenvalue weighted by molar-refractivity contribution is 7.80. The van der Waals surface area contributed by atoms with E-state index < -0.39 is 0 Å². The lowest BCUT2D eigenvalue weighted by Crippen LogP contribution is -2.31. The Balaban J connectivity index is 1.54. The first-order valence-corrected chi connectivity index (χ1v) is 9.23. The Kier molecular flexibility index (Phi) is 5.08. The number of hydrogen-bond donors (Lipinski definition) is 2. The Morgan fingerprint density at radius 3 is 2.07 bits per heavy atom. The van der Waals surface area contributed by atoms with Crippen molar-refractivity contribution in [2.75, 3.05) is 0 Å². The van der Waals surface area contributed by atoms with Crippen LogP contribution in [0, 0.1) is 0 Å². The van der Waals surface area contributed by atoms with E-state index in [2.05, 4.69) is 70.4 Å². The Labute approximate surface area is 163 Å². The molecular weight excluding hydrogens is 350 g/mol. The summed E-state index contributed by atoms with van der Waals surface area (Å²) in [7, 11) is 0. The molecule has 4 aromatic carbocycles. The Morgan fingerprint density at radius 1 is 0.815 bits per heavy atom. The maximum atomic E-state index is 5.32. The van der Waals surface area contributed by atoms with Gasteiger partial charge in [-0.25, -0.2) is 0 Å². The maximum absolute atomic E-state index is 5.32. The minimum atomic E-state index is 0.500. The number of fused-ring (bicyclic) bond motifs is 2. The van der Waals surface area contributed by atoms with E-state index in [4.69, 9.17) is 12.2 Å². The maximum Gasteiger partial charge on any atom is 0.187 e. The van der Waals surface area contributed by atoms with E-state index in [1.165, 1.54) is 27.1 Å². The van der Waals surface area contributed by atoms with Crippen molar-refractivity contribution in [3.8, 4) is 0 Å². The zero-order valence-electron chi connectivity index (χ0n) is 14.7. The van der Waals surface area contributed by atoms with Crippen molar-refractivity contribution in [2.24, 2.45) is 5.10 Å². The second-order valence-electron chi connectivity index (χ2n) is 6.27. The molecule has 0 saturated carbocycles. The monoisotopic (exact) mass is 369 g/mol. The van der Waals surface area contributed by atoms with Crippen LogP contribution in [0.3, 0.4) is 0 Å². The van der Waals surface area contributed by atoms with Gasteiger partial charge in [-0.15, -0.1) is 0 Å². The van der Waals surface area contributed by atoms with Gasteiger partial charge in [0.05, 0.1) is 6.21 Å². The fourth-order valence-corrected chi connectivity index (χ4v) is 3.29. The lowest BCUT2D eigenvalue weighted by Gasteiger charge is -2.09. The number of rotatable bonds is 4. The smallest absolute Gasteiger partial charge is 0.187 e. The van der Waals surface area contributed by atoms with Crippen molar-refractivity contribution >= 4 is 45.1 Å². The Morgan fingerprint density at radius 2 is 1.41 bits per heavy atom. The van der Waals surface area contributed by atoms with Crippen LogP contribution in [0.5, 0.6) is 0 Å². The summed E-state index contributed by atoms with van der Waals surface area (Å²) in [5.74, 6) is 0. The van der Waals surface area contributed by atoms with Crippen LogP contribution in [0.4, 0.5) is 0 Å². The van der Waals surface area contributed by atoms with Crippen LogP contribution in [0.2, 0.25) is 0 Å². The summed E-state index contributed by atoms with van der Waals surface area (Å²) in [5, 5.41) is 12.8. The molecule has 0 aliphatic rings. The third-order valence-electron chi connectivity index (χ3n) is 4.47.